The number of likely N-dealkylation sites (N-methyl/N-ethyl adjacent to an activating group) is 1. The fourth-order valence-corrected chi connectivity index (χ4v) is 1.63. The molecule has 0 aromatic carbocycles. The maximum absolute atomic E-state index is 10.9. The van der Waals surface area contributed by atoms with Gasteiger partial charge in [0.1, 0.15) is 0 Å². The van der Waals surface area contributed by atoms with Crippen LogP contribution in [0, 0.1) is 0 Å². The van der Waals surface area contributed by atoms with E-state index in [1.807, 2.05) is 13.8 Å². The van der Waals surface area contributed by atoms with Crippen molar-refractivity contribution in [2.24, 2.45) is 0 Å². The number of rotatable bonds is 3. The third-order valence-electron chi connectivity index (χ3n) is 2.44. The van der Waals surface area contributed by atoms with Gasteiger partial charge in [0.15, 0.2) is 0 Å². The van der Waals surface area contributed by atoms with Gasteiger partial charge in [0.05, 0.1) is 6.54 Å². The maximum Gasteiger partial charge on any atom is 0.233 e. The molecule has 1 fully saturated rings. The summed E-state index contributed by atoms with van der Waals surface area (Å²) in [7, 11) is 1.67. The molecule has 0 radical (unpaired) electrons. The van der Waals surface area contributed by atoms with E-state index < -0.39 is 0 Å². The number of hydrogen-bond donors (Lipinski definition) is 2. The molecule has 0 aromatic heterocycles. The van der Waals surface area contributed by atoms with Crippen LogP contribution >= 0.6 is 0 Å². The van der Waals surface area contributed by atoms with Crippen molar-refractivity contribution in [3.8, 4) is 0 Å². The zero-order chi connectivity index (χ0) is 10.8. The summed E-state index contributed by atoms with van der Waals surface area (Å²) in [5, 5.41) is 5.86. The molecule has 1 amide bonds. The topological polar surface area (TPSA) is 41.1 Å². The van der Waals surface area contributed by atoms with Crippen LogP contribution in [0.1, 0.15) is 46.0 Å². The zero-order valence-corrected chi connectivity index (χ0v) is 9.73. The highest BCUT2D eigenvalue weighted by atomic mass is 16.1. The zero-order valence-electron chi connectivity index (χ0n) is 9.73. The van der Waals surface area contributed by atoms with E-state index in [2.05, 4.69) is 10.6 Å². The van der Waals surface area contributed by atoms with Crippen LogP contribution in [-0.2, 0) is 4.79 Å². The molecule has 3 nitrogen and oxygen atoms in total. The lowest BCUT2D eigenvalue weighted by atomic mass is 9.95. The third-order valence-corrected chi connectivity index (χ3v) is 2.44. The van der Waals surface area contributed by atoms with E-state index >= 15 is 0 Å². The van der Waals surface area contributed by atoms with Crippen molar-refractivity contribution in [3.63, 3.8) is 0 Å². The lowest BCUT2D eigenvalue weighted by molar-refractivity contribution is -0.119. The van der Waals surface area contributed by atoms with Gasteiger partial charge in [-0.2, -0.15) is 0 Å². The van der Waals surface area contributed by atoms with Crippen LogP contribution < -0.4 is 10.6 Å². The number of amides is 1. The normalized spacial score (nSPS) is 16.8. The Labute approximate surface area is 87.6 Å². The van der Waals surface area contributed by atoms with E-state index in [4.69, 9.17) is 0 Å². The molecular formula is C11H24N2O. The van der Waals surface area contributed by atoms with Gasteiger partial charge in [-0.15, -0.1) is 0 Å². The molecule has 0 spiro atoms. The summed E-state index contributed by atoms with van der Waals surface area (Å²) >= 11 is 0. The molecule has 1 aliphatic carbocycles. The average molecular weight is 200 g/mol. The maximum atomic E-state index is 10.9. The predicted molar refractivity (Wildman–Crippen MR) is 60.3 cm³/mol. The highest BCUT2D eigenvalue weighted by Crippen LogP contribution is 2.16. The second kappa shape index (κ2) is 9.00. The van der Waals surface area contributed by atoms with Gasteiger partial charge >= 0.3 is 0 Å². The molecule has 1 rings (SSSR count). The smallest absolute Gasteiger partial charge is 0.233 e. The minimum absolute atomic E-state index is 0.0839. The van der Waals surface area contributed by atoms with E-state index in [0.717, 1.165) is 0 Å². The molecule has 0 unspecified atom stereocenters. The molecule has 0 atom stereocenters. The molecule has 0 bridgehead atoms. The summed E-state index contributed by atoms with van der Waals surface area (Å²) in [6.07, 6.45) is 6.45. The molecule has 84 valence electrons. The van der Waals surface area contributed by atoms with Crippen LogP contribution in [-0.4, -0.2) is 25.5 Å². The lowest BCUT2D eigenvalue weighted by Gasteiger charge is -2.22. The van der Waals surface area contributed by atoms with E-state index in [1.165, 1.54) is 32.1 Å². The van der Waals surface area contributed by atoms with Crippen LogP contribution in [0.25, 0.3) is 0 Å². The van der Waals surface area contributed by atoms with E-state index in [9.17, 15) is 4.79 Å². The van der Waals surface area contributed by atoms with Crippen molar-refractivity contribution in [1.29, 1.82) is 0 Å². The van der Waals surface area contributed by atoms with Crippen molar-refractivity contribution in [2.45, 2.75) is 52.0 Å². The summed E-state index contributed by atoms with van der Waals surface area (Å²) in [5.41, 5.74) is 0. The van der Waals surface area contributed by atoms with E-state index in [1.54, 1.807) is 7.05 Å². The lowest BCUT2D eigenvalue weighted by Crippen LogP contribution is -2.38. The fourth-order valence-electron chi connectivity index (χ4n) is 1.63. The fraction of sp³-hybridized carbons (Fsp3) is 0.909. The molecule has 1 aliphatic rings. The Morgan fingerprint density at radius 1 is 1.21 bits per heavy atom. The first-order chi connectivity index (χ1) is 6.83. The van der Waals surface area contributed by atoms with Gasteiger partial charge < -0.3 is 10.6 Å². The molecule has 0 saturated heterocycles. The number of nitrogens with one attached hydrogen (secondary N) is 2. The van der Waals surface area contributed by atoms with Gasteiger partial charge in [0.25, 0.3) is 0 Å². The molecule has 0 aromatic rings. The van der Waals surface area contributed by atoms with Crippen molar-refractivity contribution < 1.29 is 4.79 Å². The molecule has 1 saturated carbocycles. The SMILES string of the molecule is CC.CNC(=O)CNC1CCCCC1. The quantitative estimate of drug-likeness (QED) is 0.728. The highest BCUT2D eigenvalue weighted by molar-refractivity contribution is 5.77. The van der Waals surface area contributed by atoms with Crippen LogP contribution in [0.15, 0.2) is 0 Å². The van der Waals surface area contributed by atoms with Gasteiger partial charge in [0.2, 0.25) is 5.91 Å². The average Bonchev–Trinajstić information content (AvgIpc) is 2.30. The first kappa shape index (κ1) is 13.4. The van der Waals surface area contributed by atoms with E-state index in [0.29, 0.717) is 12.6 Å². The molecule has 0 aliphatic heterocycles. The molecule has 2 N–H and O–H groups in total. The summed E-state index contributed by atoms with van der Waals surface area (Å²) < 4.78 is 0. The van der Waals surface area contributed by atoms with Gasteiger partial charge in [-0.1, -0.05) is 33.1 Å². The van der Waals surface area contributed by atoms with Crippen LogP contribution in [0.5, 0.6) is 0 Å². The number of carbonyl (C=O) groups is 1. The first-order valence-electron chi connectivity index (χ1n) is 5.77. The monoisotopic (exact) mass is 200 g/mol. The number of hydrogen-bond acceptors (Lipinski definition) is 2. The van der Waals surface area contributed by atoms with Crippen LogP contribution in [0.4, 0.5) is 0 Å². The largest absolute Gasteiger partial charge is 0.358 e. The molecular weight excluding hydrogens is 176 g/mol. The minimum atomic E-state index is 0.0839. The Bertz CT molecular complexity index is 142. The standard InChI is InChI=1S/C9H18N2O.C2H6/c1-10-9(12)7-11-8-5-3-2-4-6-8;1-2/h8,11H,2-7H2,1H3,(H,10,12);1-2H3. The van der Waals surface area contributed by atoms with Gasteiger partial charge in [-0.05, 0) is 12.8 Å². The Hall–Kier alpha value is -0.570. The Kier molecular flexibility index (Phi) is 8.64. The molecule has 14 heavy (non-hydrogen) atoms. The van der Waals surface area contributed by atoms with Crippen molar-refractivity contribution >= 4 is 5.91 Å². The van der Waals surface area contributed by atoms with Gasteiger partial charge in [-0.25, -0.2) is 0 Å². The summed E-state index contributed by atoms with van der Waals surface area (Å²) in [4.78, 5) is 10.9. The summed E-state index contributed by atoms with van der Waals surface area (Å²) in [6, 6.07) is 0.580. The number of carbonyl (C=O) groups excluding carboxylic acids is 1. The van der Waals surface area contributed by atoms with Crippen molar-refractivity contribution in [1.82, 2.24) is 10.6 Å². The van der Waals surface area contributed by atoms with Crippen LogP contribution in [0.3, 0.4) is 0 Å². The Balaban J connectivity index is 0.000000791. The highest BCUT2D eigenvalue weighted by Gasteiger charge is 2.12. The second-order valence-corrected chi connectivity index (χ2v) is 3.39. The Morgan fingerprint density at radius 2 is 1.79 bits per heavy atom. The van der Waals surface area contributed by atoms with Crippen molar-refractivity contribution in [2.75, 3.05) is 13.6 Å². The van der Waals surface area contributed by atoms with Crippen molar-refractivity contribution in [3.05, 3.63) is 0 Å². The first-order valence-corrected chi connectivity index (χ1v) is 5.77. The van der Waals surface area contributed by atoms with Gasteiger partial charge in [0, 0.05) is 13.1 Å². The summed E-state index contributed by atoms with van der Waals surface area (Å²) in [5.74, 6) is 0.0839. The van der Waals surface area contributed by atoms with E-state index in [-0.39, 0.29) is 5.91 Å². The minimum Gasteiger partial charge on any atom is -0.358 e. The van der Waals surface area contributed by atoms with Crippen LogP contribution in [0.2, 0.25) is 0 Å². The molecule has 0 heterocycles. The molecule has 3 heteroatoms. The third kappa shape index (κ3) is 5.97. The Morgan fingerprint density at radius 3 is 2.29 bits per heavy atom. The van der Waals surface area contributed by atoms with Gasteiger partial charge in [-0.3, -0.25) is 4.79 Å². The predicted octanol–water partition coefficient (Wildman–Crippen LogP) is 1.68. The second-order valence-electron chi connectivity index (χ2n) is 3.39. The summed E-state index contributed by atoms with van der Waals surface area (Å²) in [6.45, 7) is 4.47.